The van der Waals surface area contributed by atoms with E-state index in [1.54, 1.807) is 0 Å². The summed E-state index contributed by atoms with van der Waals surface area (Å²) in [4.78, 5) is 6.93. The quantitative estimate of drug-likeness (QED) is 0.873. The van der Waals surface area contributed by atoms with E-state index in [0.29, 0.717) is 6.04 Å². The van der Waals surface area contributed by atoms with Gasteiger partial charge in [-0.05, 0) is 37.8 Å². The molecule has 0 aliphatic carbocycles. The molecule has 0 radical (unpaired) electrons. The van der Waals surface area contributed by atoms with Crippen molar-refractivity contribution in [3.63, 3.8) is 0 Å². The van der Waals surface area contributed by atoms with E-state index < -0.39 is 0 Å². The van der Waals surface area contributed by atoms with E-state index in [1.165, 1.54) is 12.1 Å². The van der Waals surface area contributed by atoms with Crippen LogP contribution in [0.4, 0.5) is 5.69 Å². The van der Waals surface area contributed by atoms with Gasteiger partial charge in [-0.2, -0.15) is 0 Å². The zero-order valence-corrected chi connectivity index (χ0v) is 11.1. The van der Waals surface area contributed by atoms with Crippen molar-refractivity contribution in [3.05, 3.63) is 24.0 Å². The highest BCUT2D eigenvalue weighted by Gasteiger charge is 2.26. The van der Waals surface area contributed by atoms with Crippen LogP contribution >= 0.6 is 0 Å². The molecule has 2 rings (SSSR count). The van der Waals surface area contributed by atoms with Gasteiger partial charge in [0.05, 0.1) is 17.6 Å². The molecule has 1 fully saturated rings. The fraction of sp³-hybridized carbons (Fsp3) is 0.643. The molecule has 3 nitrogen and oxygen atoms in total. The summed E-state index contributed by atoms with van der Waals surface area (Å²) in [6.45, 7) is 7.83. The third-order valence-corrected chi connectivity index (χ3v) is 3.71. The Labute approximate surface area is 104 Å². The number of rotatable bonds is 3. The molecular formula is C14H23N3. The zero-order valence-electron chi connectivity index (χ0n) is 11.1. The van der Waals surface area contributed by atoms with E-state index in [0.717, 1.165) is 24.6 Å². The number of nitrogens with two attached hydrogens (primary N) is 1. The first-order chi connectivity index (χ1) is 8.11. The molecule has 0 spiro atoms. The van der Waals surface area contributed by atoms with Gasteiger partial charge in [-0.3, -0.25) is 4.98 Å². The monoisotopic (exact) mass is 233 g/mol. The van der Waals surface area contributed by atoms with Gasteiger partial charge in [0.1, 0.15) is 0 Å². The Morgan fingerprint density at radius 3 is 2.71 bits per heavy atom. The average molecular weight is 233 g/mol. The van der Waals surface area contributed by atoms with Gasteiger partial charge < -0.3 is 10.6 Å². The number of nitrogens with zero attached hydrogens (tertiary/aromatic N) is 2. The molecule has 0 saturated carbocycles. The molecule has 3 atom stereocenters. The Morgan fingerprint density at radius 1 is 1.47 bits per heavy atom. The summed E-state index contributed by atoms with van der Waals surface area (Å²) in [5.74, 6) is 0.780. The van der Waals surface area contributed by atoms with Gasteiger partial charge in [0.25, 0.3) is 0 Å². The summed E-state index contributed by atoms with van der Waals surface area (Å²) in [7, 11) is 0. The summed E-state index contributed by atoms with van der Waals surface area (Å²) in [5, 5.41) is 0. The lowest BCUT2D eigenvalue weighted by molar-refractivity contribution is 0.625. The molecular weight excluding hydrogens is 210 g/mol. The van der Waals surface area contributed by atoms with Crippen LogP contribution in [0.25, 0.3) is 0 Å². The van der Waals surface area contributed by atoms with Crippen molar-refractivity contribution in [1.29, 1.82) is 0 Å². The summed E-state index contributed by atoms with van der Waals surface area (Å²) < 4.78 is 0. The molecule has 0 amide bonds. The lowest BCUT2D eigenvalue weighted by atomic mass is 10.1. The summed E-state index contributed by atoms with van der Waals surface area (Å²) in [6, 6.07) is 4.92. The molecule has 0 bridgehead atoms. The van der Waals surface area contributed by atoms with Crippen molar-refractivity contribution in [2.24, 2.45) is 11.7 Å². The lowest BCUT2D eigenvalue weighted by Gasteiger charge is -2.23. The molecule has 1 aromatic rings. The minimum absolute atomic E-state index is 0.0685. The number of anilines is 1. The Kier molecular flexibility index (Phi) is 3.67. The SMILES string of the molecule is CC[C@@H](N)c1ccc(N2CC(C)CC2C)cn1. The summed E-state index contributed by atoms with van der Waals surface area (Å²) in [6.07, 6.45) is 4.18. The number of hydrogen-bond acceptors (Lipinski definition) is 3. The van der Waals surface area contributed by atoms with Gasteiger partial charge in [-0.25, -0.2) is 0 Å². The van der Waals surface area contributed by atoms with Crippen LogP contribution in [0.1, 0.15) is 45.3 Å². The van der Waals surface area contributed by atoms with Crippen LogP contribution in [-0.2, 0) is 0 Å². The smallest absolute Gasteiger partial charge is 0.0572 e. The van der Waals surface area contributed by atoms with Gasteiger partial charge in [-0.1, -0.05) is 13.8 Å². The molecule has 17 heavy (non-hydrogen) atoms. The topological polar surface area (TPSA) is 42.1 Å². The maximum Gasteiger partial charge on any atom is 0.0572 e. The van der Waals surface area contributed by atoms with Crippen molar-refractivity contribution in [3.8, 4) is 0 Å². The van der Waals surface area contributed by atoms with Crippen molar-refractivity contribution in [2.45, 2.75) is 45.7 Å². The Morgan fingerprint density at radius 2 is 2.24 bits per heavy atom. The Balaban J connectivity index is 2.13. The van der Waals surface area contributed by atoms with Crippen LogP contribution < -0.4 is 10.6 Å². The van der Waals surface area contributed by atoms with E-state index in [9.17, 15) is 0 Å². The van der Waals surface area contributed by atoms with Crippen molar-refractivity contribution < 1.29 is 0 Å². The molecule has 1 aliphatic heterocycles. The number of hydrogen-bond donors (Lipinski definition) is 1. The van der Waals surface area contributed by atoms with Gasteiger partial charge in [0.15, 0.2) is 0 Å². The molecule has 0 aromatic carbocycles. The average Bonchev–Trinajstić information content (AvgIpc) is 2.68. The molecule has 2 N–H and O–H groups in total. The third-order valence-electron chi connectivity index (χ3n) is 3.71. The Hall–Kier alpha value is -1.09. The standard InChI is InChI=1S/C14H23N3/c1-4-13(15)14-6-5-12(8-16-14)17-9-10(2)7-11(17)3/h5-6,8,10-11,13H,4,7,9,15H2,1-3H3/t10?,11?,13-/m1/s1. The van der Waals surface area contributed by atoms with Crippen molar-refractivity contribution in [2.75, 3.05) is 11.4 Å². The predicted molar refractivity (Wildman–Crippen MR) is 72.0 cm³/mol. The van der Waals surface area contributed by atoms with Crippen molar-refractivity contribution >= 4 is 5.69 Å². The van der Waals surface area contributed by atoms with E-state index >= 15 is 0 Å². The van der Waals surface area contributed by atoms with Gasteiger partial charge in [-0.15, -0.1) is 0 Å². The first-order valence-corrected chi connectivity index (χ1v) is 6.60. The van der Waals surface area contributed by atoms with Crippen LogP contribution in [-0.4, -0.2) is 17.6 Å². The van der Waals surface area contributed by atoms with Crippen LogP contribution in [0.3, 0.4) is 0 Å². The maximum atomic E-state index is 5.97. The van der Waals surface area contributed by atoms with Gasteiger partial charge in [0.2, 0.25) is 0 Å². The largest absolute Gasteiger partial charge is 0.367 e. The fourth-order valence-corrected chi connectivity index (χ4v) is 2.66. The van der Waals surface area contributed by atoms with E-state index in [1.807, 2.05) is 6.20 Å². The molecule has 2 unspecified atom stereocenters. The first kappa shape index (κ1) is 12.4. The van der Waals surface area contributed by atoms with Crippen LogP contribution in [0.15, 0.2) is 18.3 Å². The molecule has 3 heteroatoms. The van der Waals surface area contributed by atoms with Crippen LogP contribution in [0.2, 0.25) is 0 Å². The zero-order chi connectivity index (χ0) is 12.4. The van der Waals surface area contributed by atoms with Crippen LogP contribution in [0.5, 0.6) is 0 Å². The minimum Gasteiger partial charge on any atom is -0.367 e. The van der Waals surface area contributed by atoms with E-state index in [-0.39, 0.29) is 6.04 Å². The molecule has 2 heterocycles. The molecule has 1 saturated heterocycles. The second-order valence-electron chi connectivity index (χ2n) is 5.30. The highest BCUT2D eigenvalue weighted by Crippen LogP contribution is 2.28. The lowest BCUT2D eigenvalue weighted by Crippen LogP contribution is -2.26. The van der Waals surface area contributed by atoms with Crippen LogP contribution in [0, 0.1) is 5.92 Å². The molecule has 1 aliphatic rings. The van der Waals surface area contributed by atoms with E-state index in [2.05, 4.69) is 42.8 Å². The minimum atomic E-state index is 0.0685. The summed E-state index contributed by atoms with van der Waals surface area (Å²) >= 11 is 0. The van der Waals surface area contributed by atoms with Crippen molar-refractivity contribution in [1.82, 2.24) is 4.98 Å². The maximum absolute atomic E-state index is 5.97. The molecule has 94 valence electrons. The second kappa shape index (κ2) is 5.05. The van der Waals surface area contributed by atoms with Gasteiger partial charge in [0, 0.05) is 18.6 Å². The highest BCUT2D eigenvalue weighted by atomic mass is 15.2. The summed E-state index contributed by atoms with van der Waals surface area (Å²) in [5.41, 5.74) is 8.20. The van der Waals surface area contributed by atoms with E-state index in [4.69, 9.17) is 5.73 Å². The predicted octanol–water partition coefficient (Wildman–Crippen LogP) is 2.73. The second-order valence-corrected chi connectivity index (χ2v) is 5.30. The Bertz CT molecular complexity index is 360. The number of aromatic nitrogens is 1. The normalized spacial score (nSPS) is 26.2. The molecule has 1 aromatic heterocycles. The first-order valence-electron chi connectivity index (χ1n) is 6.60. The third kappa shape index (κ3) is 2.60. The highest BCUT2D eigenvalue weighted by molar-refractivity contribution is 5.47. The number of pyridine rings is 1. The van der Waals surface area contributed by atoms with Gasteiger partial charge >= 0.3 is 0 Å². The fourth-order valence-electron chi connectivity index (χ4n) is 2.66.